The minimum absolute atomic E-state index is 0.0203. The molecule has 0 bridgehead atoms. The molecule has 0 atom stereocenters. The fourth-order valence-corrected chi connectivity index (χ4v) is 1.64. The number of nitrogens with one attached hydrogen (secondary N) is 1. The van der Waals surface area contributed by atoms with Crippen LogP contribution in [0.2, 0.25) is 0 Å². The lowest BCUT2D eigenvalue weighted by atomic mass is 10.2. The molecule has 0 aromatic heterocycles. The van der Waals surface area contributed by atoms with E-state index in [9.17, 15) is 4.79 Å². The van der Waals surface area contributed by atoms with E-state index in [1.165, 1.54) is 0 Å². The van der Waals surface area contributed by atoms with E-state index in [0.29, 0.717) is 6.54 Å². The molecule has 0 unspecified atom stereocenters. The molecule has 0 saturated carbocycles. The Hall–Kier alpha value is -0.840. The highest BCUT2D eigenvalue weighted by Crippen LogP contribution is 2.10. The molecule has 1 amide bonds. The number of rotatable bonds is 3. The summed E-state index contributed by atoms with van der Waals surface area (Å²) in [5.41, 5.74) is 0.734. The van der Waals surface area contributed by atoms with E-state index < -0.39 is 0 Å². The van der Waals surface area contributed by atoms with Crippen molar-refractivity contribution >= 4 is 28.5 Å². The van der Waals surface area contributed by atoms with E-state index in [4.69, 9.17) is 0 Å². The molecule has 14 heavy (non-hydrogen) atoms. The number of benzene rings is 1. The Balaban J connectivity index is 2.65. The van der Waals surface area contributed by atoms with Gasteiger partial charge in [-0.15, -0.1) is 0 Å². The molecule has 0 fully saturated rings. The number of amides is 1. The average Bonchev–Trinajstić information content (AvgIpc) is 2.18. The fraction of sp³-hybridized carbons (Fsp3) is 0.182. The highest BCUT2D eigenvalue weighted by Gasteiger charge is 2.06. The van der Waals surface area contributed by atoms with Crippen LogP contribution in [0.1, 0.15) is 17.3 Å². The van der Waals surface area contributed by atoms with Gasteiger partial charge in [0, 0.05) is 10.1 Å². The van der Waals surface area contributed by atoms with Crippen molar-refractivity contribution in [2.24, 2.45) is 0 Å². The van der Waals surface area contributed by atoms with Gasteiger partial charge in [-0.25, -0.2) is 0 Å². The predicted molar refractivity (Wildman–Crippen MR) is 66.3 cm³/mol. The first-order chi connectivity index (χ1) is 6.75. The molecule has 1 rings (SSSR count). The van der Waals surface area contributed by atoms with Crippen molar-refractivity contribution in [1.29, 1.82) is 0 Å². The second-order valence-electron chi connectivity index (χ2n) is 2.76. The largest absolute Gasteiger partial charge is 0.349 e. The molecule has 1 aromatic carbocycles. The number of allylic oxidation sites excluding steroid dienone is 1. The van der Waals surface area contributed by atoms with Crippen molar-refractivity contribution < 1.29 is 4.79 Å². The van der Waals surface area contributed by atoms with Crippen molar-refractivity contribution in [2.75, 3.05) is 6.54 Å². The lowest BCUT2D eigenvalue weighted by Crippen LogP contribution is -2.24. The highest BCUT2D eigenvalue weighted by molar-refractivity contribution is 14.1. The maximum atomic E-state index is 11.6. The van der Waals surface area contributed by atoms with E-state index in [2.05, 4.69) is 27.9 Å². The molecule has 74 valence electrons. The predicted octanol–water partition coefficient (Wildman–Crippen LogP) is 2.60. The normalized spacial score (nSPS) is 10.4. The average molecular weight is 301 g/mol. The van der Waals surface area contributed by atoms with Gasteiger partial charge in [-0.3, -0.25) is 4.79 Å². The van der Waals surface area contributed by atoms with Gasteiger partial charge in [0.05, 0.1) is 5.56 Å². The van der Waals surface area contributed by atoms with Crippen LogP contribution < -0.4 is 5.32 Å². The first-order valence-corrected chi connectivity index (χ1v) is 5.47. The molecule has 2 nitrogen and oxygen atoms in total. The summed E-state index contributed by atoms with van der Waals surface area (Å²) in [6.07, 6.45) is 3.82. The third-order valence-corrected chi connectivity index (χ3v) is 2.68. The minimum Gasteiger partial charge on any atom is -0.349 e. The summed E-state index contributed by atoms with van der Waals surface area (Å²) in [5.74, 6) is -0.0203. The molecule has 3 heteroatoms. The molecule has 0 radical (unpaired) electrons. The lowest BCUT2D eigenvalue weighted by molar-refractivity contribution is 0.0957. The summed E-state index contributed by atoms with van der Waals surface area (Å²) < 4.78 is 0.975. The smallest absolute Gasteiger partial charge is 0.252 e. The number of hydrogen-bond donors (Lipinski definition) is 1. The van der Waals surface area contributed by atoms with Crippen molar-refractivity contribution in [2.45, 2.75) is 6.92 Å². The minimum atomic E-state index is -0.0203. The molecule has 0 spiro atoms. The Kier molecular flexibility index (Phi) is 4.65. The van der Waals surface area contributed by atoms with Crippen LogP contribution in [-0.2, 0) is 0 Å². The molecule has 0 heterocycles. The second kappa shape index (κ2) is 5.80. The van der Waals surface area contributed by atoms with Crippen molar-refractivity contribution in [3.05, 3.63) is 45.6 Å². The monoisotopic (exact) mass is 301 g/mol. The summed E-state index contributed by atoms with van der Waals surface area (Å²) in [4.78, 5) is 11.6. The molecule has 0 saturated heterocycles. The van der Waals surface area contributed by atoms with Gasteiger partial charge in [0.2, 0.25) is 0 Å². The van der Waals surface area contributed by atoms with E-state index in [1.54, 1.807) is 0 Å². The molecular formula is C11H12INO. The summed E-state index contributed by atoms with van der Waals surface area (Å²) in [7, 11) is 0. The number of carbonyl (C=O) groups excluding carboxylic acids is 1. The highest BCUT2D eigenvalue weighted by atomic mass is 127. The Labute approximate surface area is 97.5 Å². The molecular weight excluding hydrogens is 289 g/mol. The van der Waals surface area contributed by atoms with E-state index >= 15 is 0 Å². The Morgan fingerprint density at radius 1 is 1.50 bits per heavy atom. The zero-order valence-electron chi connectivity index (χ0n) is 7.96. The molecule has 1 aromatic rings. The van der Waals surface area contributed by atoms with Gasteiger partial charge >= 0.3 is 0 Å². The molecule has 0 aliphatic rings. The van der Waals surface area contributed by atoms with Gasteiger partial charge in [0.1, 0.15) is 0 Å². The first-order valence-electron chi connectivity index (χ1n) is 4.39. The topological polar surface area (TPSA) is 29.1 Å². The van der Waals surface area contributed by atoms with Crippen LogP contribution in [-0.4, -0.2) is 12.5 Å². The van der Waals surface area contributed by atoms with Crippen LogP contribution in [0.25, 0.3) is 0 Å². The van der Waals surface area contributed by atoms with Gasteiger partial charge in [-0.1, -0.05) is 24.3 Å². The Morgan fingerprint density at radius 2 is 2.21 bits per heavy atom. The maximum absolute atomic E-state index is 11.6. The van der Waals surface area contributed by atoms with E-state index in [1.807, 2.05) is 43.3 Å². The lowest BCUT2D eigenvalue weighted by Gasteiger charge is -2.03. The van der Waals surface area contributed by atoms with Gasteiger partial charge in [0.15, 0.2) is 0 Å². The summed E-state index contributed by atoms with van der Waals surface area (Å²) in [5, 5.41) is 2.81. The SMILES string of the molecule is C/C=C/CNC(=O)c1ccccc1I. The van der Waals surface area contributed by atoms with Crippen LogP contribution in [0.15, 0.2) is 36.4 Å². The van der Waals surface area contributed by atoms with E-state index in [0.717, 1.165) is 9.13 Å². The quantitative estimate of drug-likeness (QED) is 0.675. The van der Waals surface area contributed by atoms with Gasteiger partial charge in [-0.05, 0) is 41.6 Å². The summed E-state index contributed by atoms with van der Waals surface area (Å²) in [6.45, 7) is 2.51. The Bertz CT molecular complexity index is 347. The molecule has 0 aliphatic carbocycles. The van der Waals surface area contributed by atoms with Crippen LogP contribution >= 0.6 is 22.6 Å². The third-order valence-electron chi connectivity index (χ3n) is 1.73. The number of halogens is 1. The third kappa shape index (κ3) is 3.14. The van der Waals surface area contributed by atoms with Crippen LogP contribution in [0.4, 0.5) is 0 Å². The molecule has 1 N–H and O–H groups in total. The zero-order valence-corrected chi connectivity index (χ0v) is 10.1. The fourth-order valence-electron chi connectivity index (χ4n) is 1.01. The van der Waals surface area contributed by atoms with Crippen LogP contribution in [0, 0.1) is 3.57 Å². The standard InChI is InChI=1S/C11H12INO/c1-2-3-8-13-11(14)9-6-4-5-7-10(9)12/h2-7H,8H2,1H3,(H,13,14)/b3-2+. The van der Waals surface area contributed by atoms with Crippen LogP contribution in [0.3, 0.4) is 0 Å². The maximum Gasteiger partial charge on any atom is 0.252 e. The zero-order chi connectivity index (χ0) is 10.4. The van der Waals surface area contributed by atoms with Gasteiger partial charge in [-0.2, -0.15) is 0 Å². The Morgan fingerprint density at radius 3 is 2.86 bits per heavy atom. The van der Waals surface area contributed by atoms with Gasteiger partial charge < -0.3 is 5.32 Å². The second-order valence-corrected chi connectivity index (χ2v) is 3.92. The van der Waals surface area contributed by atoms with Crippen LogP contribution in [0.5, 0.6) is 0 Å². The molecule has 0 aliphatic heterocycles. The van der Waals surface area contributed by atoms with Crippen molar-refractivity contribution in [1.82, 2.24) is 5.32 Å². The van der Waals surface area contributed by atoms with Crippen molar-refractivity contribution in [3.63, 3.8) is 0 Å². The number of hydrogen-bond acceptors (Lipinski definition) is 1. The van der Waals surface area contributed by atoms with Gasteiger partial charge in [0.25, 0.3) is 5.91 Å². The van der Waals surface area contributed by atoms with Crippen molar-refractivity contribution in [3.8, 4) is 0 Å². The van der Waals surface area contributed by atoms with E-state index in [-0.39, 0.29) is 5.91 Å². The summed E-state index contributed by atoms with van der Waals surface area (Å²) in [6, 6.07) is 7.54. The first kappa shape index (κ1) is 11.2. The number of carbonyl (C=O) groups is 1. The summed E-state index contributed by atoms with van der Waals surface area (Å²) >= 11 is 2.16.